The van der Waals surface area contributed by atoms with Crippen molar-refractivity contribution in [3.63, 3.8) is 0 Å². The molecule has 0 spiro atoms. The molecule has 1 amide bonds. The number of aromatic nitrogens is 2. The lowest BCUT2D eigenvalue weighted by Gasteiger charge is -2.15. The predicted octanol–water partition coefficient (Wildman–Crippen LogP) is 4.17. The van der Waals surface area contributed by atoms with Gasteiger partial charge in [0.2, 0.25) is 11.7 Å². The lowest BCUT2D eigenvalue weighted by molar-refractivity contribution is 0.0769. The predicted molar refractivity (Wildman–Crippen MR) is 101 cm³/mol. The second-order valence-electron chi connectivity index (χ2n) is 5.64. The molecule has 1 heterocycles. The normalized spacial score (nSPS) is 10.6. The van der Waals surface area contributed by atoms with E-state index in [-0.39, 0.29) is 12.5 Å². The first kappa shape index (κ1) is 18.1. The fourth-order valence-electron chi connectivity index (χ4n) is 2.42. The molecule has 0 fully saturated rings. The van der Waals surface area contributed by atoms with Crippen LogP contribution in [-0.4, -0.2) is 34.6 Å². The Bertz CT molecular complexity index is 893. The van der Waals surface area contributed by atoms with E-state index in [0.29, 0.717) is 23.9 Å². The zero-order chi connectivity index (χ0) is 18.5. The second kappa shape index (κ2) is 8.14. The molecule has 26 heavy (non-hydrogen) atoms. The maximum absolute atomic E-state index is 12.5. The van der Waals surface area contributed by atoms with Crippen LogP contribution in [0.25, 0.3) is 11.4 Å². The first-order valence-electron chi connectivity index (χ1n) is 8.13. The van der Waals surface area contributed by atoms with E-state index in [1.54, 1.807) is 31.3 Å². The molecule has 0 bridgehead atoms. The third kappa shape index (κ3) is 4.29. The lowest BCUT2D eigenvalue weighted by Crippen LogP contribution is -2.26. The van der Waals surface area contributed by atoms with Gasteiger partial charge in [-0.15, -0.1) is 0 Å². The van der Waals surface area contributed by atoms with E-state index in [9.17, 15) is 4.79 Å². The van der Waals surface area contributed by atoms with Crippen LogP contribution in [-0.2, 0) is 6.54 Å². The number of benzene rings is 2. The number of rotatable bonds is 6. The highest BCUT2D eigenvalue weighted by Crippen LogP contribution is 2.21. The number of carbonyl (C=O) groups excluding carboxylic acids is 1. The van der Waals surface area contributed by atoms with E-state index in [0.717, 1.165) is 15.8 Å². The average Bonchev–Trinajstić information content (AvgIpc) is 3.10. The maximum atomic E-state index is 12.5. The monoisotopic (exact) mass is 415 g/mol. The molecular formula is C19H18BrN3O3. The van der Waals surface area contributed by atoms with E-state index in [1.165, 1.54) is 4.90 Å². The summed E-state index contributed by atoms with van der Waals surface area (Å²) < 4.78 is 11.6. The van der Waals surface area contributed by atoms with Gasteiger partial charge in [0.05, 0.1) is 13.2 Å². The summed E-state index contributed by atoms with van der Waals surface area (Å²) in [7, 11) is 1.70. The molecule has 3 rings (SSSR count). The molecule has 0 aliphatic rings. The molecule has 3 aromatic rings. The summed E-state index contributed by atoms with van der Waals surface area (Å²) >= 11 is 3.42. The van der Waals surface area contributed by atoms with Gasteiger partial charge in [-0.1, -0.05) is 33.2 Å². The van der Waals surface area contributed by atoms with Crippen LogP contribution in [0.1, 0.15) is 23.2 Å². The van der Waals surface area contributed by atoms with Crippen molar-refractivity contribution in [3.05, 3.63) is 64.5 Å². The smallest absolute Gasteiger partial charge is 0.254 e. The molecule has 134 valence electrons. The van der Waals surface area contributed by atoms with Gasteiger partial charge in [0.1, 0.15) is 5.75 Å². The van der Waals surface area contributed by atoms with Gasteiger partial charge < -0.3 is 14.2 Å². The third-order valence-corrected chi connectivity index (χ3v) is 4.18. The fourth-order valence-corrected chi connectivity index (χ4v) is 2.82. The van der Waals surface area contributed by atoms with Gasteiger partial charge in [-0.05, 0) is 43.3 Å². The molecule has 0 aliphatic heterocycles. The van der Waals surface area contributed by atoms with Gasteiger partial charge in [0.15, 0.2) is 0 Å². The summed E-state index contributed by atoms with van der Waals surface area (Å²) in [4.78, 5) is 18.4. The Balaban J connectivity index is 1.67. The van der Waals surface area contributed by atoms with Gasteiger partial charge in [-0.25, -0.2) is 0 Å². The average molecular weight is 416 g/mol. The first-order chi connectivity index (χ1) is 12.6. The van der Waals surface area contributed by atoms with Crippen molar-refractivity contribution < 1.29 is 14.1 Å². The molecule has 0 unspecified atom stereocenters. The first-order valence-corrected chi connectivity index (χ1v) is 8.93. The highest BCUT2D eigenvalue weighted by Gasteiger charge is 2.16. The van der Waals surface area contributed by atoms with E-state index in [4.69, 9.17) is 9.26 Å². The molecule has 0 radical (unpaired) electrons. The van der Waals surface area contributed by atoms with Crippen molar-refractivity contribution in [2.24, 2.45) is 0 Å². The number of halogens is 1. The van der Waals surface area contributed by atoms with Crippen molar-refractivity contribution >= 4 is 21.8 Å². The Hall–Kier alpha value is -2.67. The minimum atomic E-state index is -0.129. The van der Waals surface area contributed by atoms with Crippen LogP contribution in [0.3, 0.4) is 0 Å². The molecule has 0 atom stereocenters. The van der Waals surface area contributed by atoms with E-state index in [2.05, 4.69) is 26.1 Å². The van der Waals surface area contributed by atoms with Crippen LogP contribution in [0, 0.1) is 0 Å². The largest absolute Gasteiger partial charge is 0.494 e. The van der Waals surface area contributed by atoms with Crippen LogP contribution in [0.5, 0.6) is 5.75 Å². The third-order valence-electron chi connectivity index (χ3n) is 3.68. The zero-order valence-corrected chi connectivity index (χ0v) is 16.1. The van der Waals surface area contributed by atoms with Crippen molar-refractivity contribution in [2.45, 2.75) is 13.5 Å². The molecule has 0 N–H and O–H groups in total. The minimum Gasteiger partial charge on any atom is -0.494 e. The number of hydrogen-bond acceptors (Lipinski definition) is 5. The van der Waals surface area contributed by atoms with E-state index < -0.39 is 0 Å². The SMILES string of the molecule is CCOc1ccc(C(=O)N(C)Cc2nc(-c3cccc(Br)c3)no2)cc1. The Labute approximate surface area is 159 Å². The molecule has 7 heteroatoms. The second-order valence-corrected chi connectivity index (χ2v) is 6.56. The van der Waals surface area contributed by atoms with Crippen molar-refractivity contribution in [1.82, 2.24) is 15.0 Å². The number of amides is 1. The summed E-state index contributed by atoms with van der Waals surface area (Å²) in [6.45, 7) is 2.73. The number of hydrogen-bond donors (Lipinski definition) is 0. The lowest BCUT2D eigenvalue weighted by atomic mass is 10.2. The van der Waals surface area contributed by atoms with Crippen LogP contribution in [0.4, 0.5) is 0 Å². The van der Waals surface area contributed by atoms with Gasteiger partial charge in [-0.2, -0.15) is 4.98 Å². The van der Waals surface area contributed by atoms with Crippen molar-refractivity contribution in [1.29, 1.82) is 0 Å². The number of nitrogens with zero attached hydrogens (tertiary/aromatic N) is 3. The molecule has 0 saturated carbocycles. The Morgan fingerprint density at radius 3 is 2.69 bits per heavy atom. The summed E-state index contributed by atoms with van der Waals surface area (Å²) in [6.07, 6.45) is 0. The van der Waals surface area contributed by atoms with E-state index >= 15 is 0 Å². The highest BCUT2D eigenvalue weighted by molar-refractivity contribution is 9.10. The van der Waals surface area contributed by atoms with Crippen LogP contribution in [0.15, 0.2) is 57.5 Å². The Morgan fingerprint density at radius 2 is 2.00 bits per heavy atom. The summed E-state index contributed by atoms with van der Waals surface area (Å²) in [5.41, 5.74) is 1.41. The van der Waals surface area contributed by atoms with Crippen molar-refractivity contribution in [3.8, 4) is 17.1 Å². The molecule has 0 saturated heterocycles. The van der Waals surface area contributed by atoms with Crippen LogP contribution < -0.4 is 4.74 Å². The number of ether oxygens (including phenoxy) is 1. The quantitative estimate of drug-likeness (QED) is 0.604. The van der Waals surface area contributed by atoms with Crippen LogP contribution in [0.2, 0.25) is 0 Å². The topological polar surface area (TPSA) is 68.5 Å². The Kier molecular flexibility index (Phi) is 5.68. The van der Waals surface area contributed by atoms with E-state index in [1.807, 2.05) is 31.2 Å². The fraction of sp³-hybridized carbons (Fsp3) is 0.211. The minimum absolute atomic E-state index is 0.129. The van der Waals surface area contributed by atoms with Gasteiger partial charge in [0.25, 0.3) is 5.91 Å². The van der Waals surface area contributed by atoms with Gasteiger partial charge in [-0.3, -0.25) is 4.79 Å². The summed E-state index contributed by atoms with van der Waals surface area (Å²) in [5.74, 6) is 1.47. The van der Waals surface area contributed by atoms with Crippen LogP contribution >= 0.6 is 15.9 Å². The molecule has 0 aliphatic carbocycles. The standard InChI is InChI=1S/C19H18BrN3O3/c1-3-25-16-9-7-13(8-10-16)19(24)23(2)12-17-21-18(22-26-17)14-5-4-6-15(20)11-14/h4-11H,3,12H2,1-2H3. The Morgan fingerprint density at radius 1 is 1.23 bits per heavy atom. The molecule has 1 aromatic heterocycles. The van der Waals surface area contributed by atoms with Crippen molar-refractivity contribution in [2.75, 3.05) is 13.7 Å². The van der Waals surface area contributed by atoms with Gasteiger partial charge in [0, 0.05) is 22.6 Å². The molecule has 6 nitrogen and oxygen atoms in total. The zero-order valence-electron chi connectivity index (χ0n) is 14.5. The summed E-state index contributed by atoms with van der Waals surface area (Å²) in [6, 6.07) is 14.7. The highest BCUT2D eigenvalue weighted by atomic mass is 79.9. The van der Waals surface area contributed by atoms with Gasteiger partial charge >= 0.3 is 0 Å². The molecular weight excluding hydrogens is 398 g/mol. The maximum Gasteiger partial charge on any atom is 0.254 e. The summed E-state index contributed by atoms with van der Waals surface area (Å²) in [5, 5.41) is 3.98. The molecule has 2 aromatic carbocycles. The number of carbonyl (C=O) groups is 1.